The van der Waals surface area contributed by atoms with E-state index < -0.39 is 61.9 Å². The molecule has 616 valence electrons. The molecule has 0 spiro atoms. The van der Waals surface area contributed by atoms with Crippen molar-refractivity contribution in [2.45, 2.75) is 145 Å². The molecule has 3 aromatic carbocycles. The number of hydrogen-bond donors (Lipinski definition) is 7. The first-order valence-electron chi connectivity index (χ1n) is 40.5. The molecule has 7 N–H and O–H groups in total. The Morgan fingerprint density at radius 1 is 0.487 bits per heavy atom. The molecule has 9 aliphatic rings. The van der Waals surface area contributed by atoms with Gasteiger partial charge in [0.1, 0.15) is 28.0 Å². The van der Waals surface area contributed by atoms with Gasteiger partial charge in [0.05, 0.1) is 62.6 Å². The van der Waals surface area contributed by atoms with E-state index in [1.165, 1.54) is 40.7 Å². The molecule has 23 nitrogen and oxygen atoms in total. The highest BCUT2D eigenvalue weighted by atomic mass is 32.2. The van der Waals surface area contributed by atoms with Crippen LogP contribution in [0.4, 0.5) is 27.6 Å². The van der Waals surface area contributed by atoms with Crippen molar-refractivity contribution in [1.29, 1.82) is 0 Å². The summed E-state index contributed by atoms with van der Waals surface area (Å²) in [5, 5.41) is 37.6. The molecule has 0 bridgehead atoms. The number of ether oxygens (including phenoxy) is 3. The van der Waals surface area contributed by atoms with Crippen LogP contribution in [0.15, 0.2) is 146 Å². The van der Waals surface area contributed by atoms with E-state index in [-0.39, 0.29) is 131 Å². The number of amides is 4. The van der Waals surface area contributed by atoms with E-state index in [1.807, 2.05) is 84.8 Å². The minimum Gasteiger partial charge on any atom is -0.450 e. The number of pyridine rings is 3. The number of rotatable bonds is 18. The maximum Gasteiger partial charge on any atom is 0.407 e. The molecule has 6 aromatic rings. The van der Waals surface area contributed by atoms with Gasteiger partial charge in [-0.1, -0.05) is 72.8 Å². The van der Waals surface area contributed by atoms with Gasteiger partial charge in [0.2, 0.25) is 26.0 Å². The van der Waals surface area contributed by atoms with Crippen LogP contribution in [0.1, 0.15) is 115 Å². The number of allylic oxidation sites excluding steroid dienone is 3. The average Bonchev–Trinajstić information content (AvgIpc) is 1.59. The molecule has 6 aliphatic carbocycles. The predicted molar refractivity (Wildman–Crippen MR) is 430 cm³/mol. The number of hydrogen-bond acceptors (Lipinski definition) is 17. The highest BCUT2D eigenvalue weighted by Gasteiger charge is 2.61. The van der Waals surface area contributed by atoms with Crippen molar-refractivity contribution in [2.75, 3.05) is 53.7 Å². The summed E-state index contributed by atoms with van der Waals surface area (Å²) in [5.41, 5.74) is 6.95. The molecule has 6 heterocycles. The van der Waals surface area contributed by atoms with Crippen LogP contribution in [0.5, 0.6) is 0 Å². The summed E-state index contributed by atoms with van der Waals surface area (Å²) in [4.78, 5) is 64.6. The zero-order valence-corrected chi connectivity index (χ0v) is 67.1. The fourth-order valence-corrected chi connectivity index (χ4v) is 24.7. The van der Waals surface area contributed by atoms with E-state index >= 15 is 0 Å². The number of sulfonamides is 2. The van der Waals surface area contributed by atoms with Crippen LogP contribution in [0.3, 0.4) is 0 Å². The highest BCUT2D eigenvalue weighted by Crippen LogP contribution is 2.56. The normalized spacial score (nSPS) is 31.5. The molecule has 0 unspecified atom stereocenters. The lowest BCUT2D eigenvalue weighted by Gasteiger charge is -2.49. The first-order chi connectivity index (χ1) is 55.4. The van der Waals surface area contributed by atoms with E-state index in [0.29, 0.717) is 44.5 Å². The number of halogens is 3. The highest BCUT2D eigenvalue weighted by molar-refractivity contribution is 7.90. The fourth-order valence-electron chi connectivity index (χ4n) is 20.9. The number of nitrogens with zero attached hydrogens (tertiary/aromatic N) is 5. The van der Waals surface area contributed by atoms with Crippen molar-refractivity contribution < 1.29 is 78.7 Å². The van der Waals surface area contributed by atoms with Gasteiger partial charge in [-0.05, 0) is 247 Å². The van der Waals surface area contributed by atoms with Gasteiger partial charge in [0.15, 0.2) is 0 Å². The topological polar surface area (TPSA) is 318 Å². The summed E-state index contributed by atoms with van der Waals surface area (Å²) >= 11 is 0. The average molecular weight is 1620 g/mol. The van der Waals surface area contributed by atoms with E-state index in [1.54, 1.807) is 64.6 Å². The Kier molecular flexibility index (Phi) is 27.1. The fraction of sp³-hybridized carbons (Fsp3) is 0.506. The van der Waals surface area contributed by atoms with Crippen LogP contribution in [-0.2, 0) is 39.1 Å². The number of likely N-dealkylation sites (tertiary alicyclic amines) is 1. The summed E-state index contributed by atoms with van der Waals surface area (Å²) in [6.07, 6.45) is 25.8. The molecular formula is C87H106F3N9O14S2. The monoisotopic (exact) mass is 1620 g/mol. The quantitative estimate of drug-likeness (QED) is 0.0393. The maximum absolute atomic E-state index is 13.6. The first-order valence-corrected chi connectivity index (χ1v) is 43.5. The summed E-state index contributed by atoms with van der Waals surface area (Å²) in [6.45, 7) is 5.30. The maximum atomic E-state index is 13.6. The zero-order valence-electron chi connectivity index (χ0n) is 65.5. The molecular weight excluding hydrogens is 1520 g/mol. The van der Waals surface area contributed by atoms with Gasteiger partial charge >= 0.3 is 18.3 Å². The number of aliphatic hydroxyl groups is 3. The summed E-state index contributed by atoms with van der Waals surface area (Å²) in [5.74, 6) is -0.168. The van der Waals surface area contributed by atoms with E-state index in [9.17, 15) is 64.5 Å². The smallest absolute Gasteiger partial charge is 0.407 e. The Labute approximate surface area is 671 Å². The summed E-state index contributed by atoms with van der Waals surface area (Å²) in [7, 11) is -3.78. The molecule has 3 aliphatic heterocycles. The van der Waals surface area contributed by atoms with Crippen LogP contribution in [-0.4, -0.2) is 181 Å². The molecule has 9 fully saturated rings. The summed E-state index contributed by atoms with van der Waals surface area (Å²) < 4.78 is 113. The number of benzene rings is 3. The zero-order chi connectivity index (χ0) is 81.4. The van der Waals surface area contributed by atoms with Crippen molar-refractivity contribution in [2.24, 2.45) is 76.9 Å². The van der Waals surface area contributed by atoms with E-state index in [0.717, 1.165) is 115 Å². The van der Waals surface area contributed by atoms with Crippen LogP contribution >= 0.6 is 0 Å². The number of aromatic nitrogens is 3. The number of nitrogens with one attached hydrogen (secondary N) is 4. The minimum atomic E-state index is -3.63. The lowest BCUT2D eigenvalue weighted by molar-refractivity contribution is -0.131. The van der Waals surface area contributed by atoms with Gasteiger partial charge in [-0.3, -0.25) is 19.7 Å². The molecule has 115 heavy (non-hydrogen) atoms. The third kappa shape index (κ3) is 18.9. The third-order valence-electron chi connectivity index (χ3n) is 26.0. The van der Waals surface area contributed by atoms with Gasteiger partial charge in [-0.15, -0.1) is 0 Å². The number of fused-ring (bicyclic) bond motifs is 6. The van der Waals surface area contributed by atoms with Crippen molar-refractivity contribution >= 4 is 62.5 Å². The number of carbonyl (C=O) groups is 4. The van der Waals surface area contributed by atoms with Gasteiger partial charge in [0, 0.05) is 97.5 Å². The summed E-state index contributed by atoms with van der Waals surface area (Å²) in [6, 6.07) is 30.1. The second-order valence-electron chi connectivity index (χ2n) is 32.2. The van der Waals surface area contributed by atoms with E-state index in [4.69, 9.17) is 14.2 Å². The minimum absolute atomic E-state index is 0.0123. The molecule has 6 saturated carbocycles. The molecule has 3 saturated heterocycles. The predicted octanol–water partition coefficient (Wildman–Crippen LogP) is 12.3. The van der Waals surface area contributed by atoms with Crippen LogP contribution < -0.4 is 20.7 Å². The molecule has 4 amide bonds. The third-order valence-corrected chi connectivity index (χ3v) is 30.2. The Bertz CT molecular complexity index is 4720. The van der Waals surface area contributed by atoms with Crippen LogP contribution in [0.25, 0.3) is 51.6 Å². The molecule has 15 rings (SSSR count). The van der Waals surface area contributed by atoms with Gasteiger partial charge < -0.3 is 50.4 Å². The molecule has 0 radical (unpaired) electrons. The van der Waals surface area contributed by atoms with Crippen LogP contribution in [0, 0.1) is 94.4 Å². The van der Waals surface area contributed by atoms with Crippen molar-refractivity contribution in [3.05, 3.63) is 181 Å². The van der Waals surface area contributed by atoms with Gasteiger partial charge in [-0.25, -0.2) is 53.4 Å². The van der Waals surface area contributed by atoms with Gasteiger partial charge in [0.25, 0.3) is 0 Å². The first kappa shape index (κ1) is 84.0. The van der Waals surface area contributed by atoms with Crippen LogP contribution in [0.2, 0.25) is 0 Å². The Morgan fingerprint density at radius 3 is 1.23 bits per heavy atom. The lowest BCUT2D eigenvalue weighted by atomic mass is 9.57. The molecule has 28 heteroatoms. The van der Waals surface area contributed by atoms with Crippen molar-refractivity contribution in [3.63, 3.8) is 0 Å². The molecule has 3 aromatic heterocycles. The number of alkyl carbamates (subject to hydrolysis) is 3. The number of carbonyl (C=O) groups excluding carboxylic acids is 4. The SMILES string of the molecule is CCOC(=O)N[C@@H]1CC[C@@H]2[C@@H](C1)C[C@@H]1[C@H]([C@H]2/C=C/c2ccc(-c3cccc(F)c3)cn2)[C@@H](CO)C(=O)N1C.CCOC(=O)N[C@@H]1CC[C@@H]2[C@@H](C1)C[C@@H]1[C@H]([C@H]2/C=C/c2ccc(-c3cccc(F)c3)cn2)[C@@H](CO)S(=O)(=O)N1C.CCOC(=O)N[C@@H]1CC[C@@H]2[C@@H](C1)C[C@H]1NS(=O)(=O)[C@H](CO)[C@H]1[C@H]2/C=C/c1ccc(-c2cccc(F)c2)cn1. The standard InChI is InChI=1S/C30H36FN3O4.C29H36FN3O5S.C28H34FN3O5S/c1-3-38-30(37)33-23-10-11-24-20(14-23)15-27-28(26(17-35)29(36)34(27)2)25(24)12-9-22-8-7-19(16-32-22)18-5-4-6-21(31)13-18;1-3-38-29(35)32-23-10-11-24-20(14-23)15-26-28(27(17-34)39(36,37)33(26)2)25(24)12-9-22-8-7-19(16-31-22)18-5-4-6-21(30)13-18;1-2-37-28(34)31-22-9-10-23-19(13-22)14-25-27(26(16-33)38(35,36)32-25)24(23)11-8-21-7-6-18(15-30-21)17-4-3-5-20(29)12-17/h4-9,12-13,16,20,23-28,35H,3,10-11,14-15,17H2,1-2H3,(H,33,37);4-9,12-13,16,20,23-28,34H,3,10-11,14-15,17H2,1-2H3,(H,32,35);3-8,11-12,15,19,22-27,32-33H,2,9-10,13-14,16H2,1H3,(H,31,34)/b2*12-9+;11-8+/t20-,23+,24+,25-,26+,27+,28+;20-,23+,24+,25-,26+,27+,28-;19-,22+,23+,24-,25+,26+,27-/m000/s1. The lowest BCUT2D eigenvalue weighted by Crippen LogP contribution is -2.51. The Balaban J connectivity index is 0.000000150. The van der Waals surface area contributed by atoms with E-state index in [2.05, 4.69) is 53.9 Å². The van der Waals surface area contributed by atoms with Crippen molar-refractivity contribution in [3.8, 4) is 33.4 Å². The second kappa shape index (κ2) is 37.1. The second-order valence-corrected chi connectivity index (χ2v) is 36.4. The van der Waals surface area contributed by atoms with Gasteiger partial charge in [-0.2, -0.15) is 0 Å². The van der Waals surface area contributed by atoms with Crippen molar-refractivity contribution in [1.82, 2.24) is 44.8 Å². The Morgan fingerprint density at radius 2 is 0.870 bits per heavy atom. The largest absolute Gasteiger partial charge is 0.450 e. The number of aliphatic hydroxyl groups excluding tert-OH is 3. The molecule has 21 atom stereocenters. The Hall–Kier alpha value is -8.90.